The molecule has 0 fully saturated rings. The molecule has 0 amide bonds. The summed E-state index contributed by atoms with van der Waals surface area (Å²) >= 11 is 0. The number of fused-ring (bicyclic) bond motifs is 1. The van der Waals surface area contributed by atoms with E-state index in [2.05, 4.69) is 4.98 Å². The molecule has 0 saturated heterocycles. The van der Waals surface area contributed by atoms with Crippen molar-refractivity contribution in [1.29, 1.82) is 0 Å². The average molecular weight is 255 g/mol. The highest BCUT2D eigenvalue weighted by molar-refractivity contribution is 5.85. The molecule has 2 aromatic carbocycles. The maximum atomic E-state index is 13.5. The molecule has 0 atom stereocenters. The summed E-state index contributed by atoms with van der Waals surface area (Å²) in [6.45, 7) is 0. The number of aromatic hydroxyl groups is 1. The molecule has 19 heavy (non-hydrogen) atoms. The molecule has 3 nitrogen and oxygen atoms in total. The second kappa shape index (κ2) is 4.57. The van der Waals surface area contributed by atoms with Crippen LogP contribution in [0, 0.1) is 5.82 Å². The summed E-state index contributed by atoms with van der Waals surface area (Å²) in [4.78, 5) is 3.79. The van der Waals surface area contributed by atoms with Gasteiger partial charge in [0.15, 0.2) is 17.3 Å². The number of benzene rings is 2. The Kier molecular flexibility index (Phi) is 2.76. The van der Waals surface area contributed by atoms with Crippen LogP contribution >= 0.6 is 0 Å². The second-order valence-electron chi connectivity index (χ2n) is 4.06. The van der Waals surface area contributed by atoms with Crippen molar-refractivity contribution in [2.45, 2.75) is 0 Å². The van der Waals surface area contributed by atoms with E-state index in [1.807, 2.05) is 24.3 Å². The van der Waals surface area contributed by atoms with Gasteiger partial charge in [0.1, 0.15) is 0 Å². The number of hydrogen-bond acceptors (Lipinski definition) is 3. The van der Waals surface area contributed by atoms with E-state index in [0.717, 1.165) is 10.8 Å². The first-order valence-corrected chi connectivity index (χ1v) is 5.74. The van der Waals surface area contributed by atoms with Crippen molar-refractivity contribution in [3.8, 4) is 17.4 Å². The quantitative estimate of drug-likeness (QED) is 0.755. The van der Waals surface area contributed by atoms with Gasteiger partial charge in [0, 0.05) is 6.20 Å². The maximum Gasteiger partial charge on any atom is 0.255 e. The van der Waals surface area contributed by atoms with Crippen LogP contribution in [0.4, 0.5) is 4.39 Å². The lowest BCUT2D eigenvalue weighted by Crippen LogP contribution is -1.91. The van der Waals surface area contributed by atoms with Gasteiger partial charge in [-0.2, -0.15) is 0 Å². The fourth-order valence-corrected chi connectivity index (χ4v) is 1.84. The molecule has 0 spiro atoms. The first-order chi connectivity index (χ1) is 9.24. The molecule has 3 rings (SSSR count). The fraction of sp³-hybridized carbons (Fsp3) is 0. The standard InChI is InChI=1S/C15H10FNO2/c16-12-6-3-7-17-15(12)19-14-9-11-5-2-1-4-10(11)8-13(14)18/h1-9,18H. The number of halogens is 1. The van der Waals surface area contributed by atoms with Crippen molar-refractivity contribution >= 4 is 10.8 Å². The maximum absolute atomic E-state index is 13.5. The first-order valence-electron chi connectivity index (χ1n) is 5.74. The Morgan fingerprint density at radius 3 is 2.47 bits per heavy atom. The molecule has 1 heterocycles. The van der Waals surface area contributed by atoms with Crippen LogP contribution in [0.5, 0.6) is 17.4 Å². The highest BCUT2D eigenvalue weighted by atomic mass is 19.1. The van der Waals surface area contributed by atoms with E-state index >= 15 is 0 Å². The van der Waals surface area contributed by atoms with Crippen LogP contribution in [-0.4, -0.2) is 10.1 Å². The highest BCUT2D eigenvalue weighted by Crippen LogP contribution is 2.34. The minimum absolute atomic E-state index is 0.0521. The van der Waals surface area contributed by atoms with Gasteiger partial charge < -0.3 is 9.84 Å². The SMILES string of the molecule is Oc1cc2ccccc2cc1Oc1ncccc1F. The van der Waals surface area contributed by atoms with Crippen molar-refractivity contribution in [1.82, 2.24) is 4.98 Å². The van der Waals surface area contributed by atoms with Gasteiger partial charge in [0.25, 0.3) is 5.88 Å². The Morgan fingerprint density at radius 1 is 1.00 bits per heavy atom. The van der Waals surface area contributed by atoms with Crippen molar-refractivity contribution in [2.24, 2.45) is 0 Å². The third kappa shape index (κ3) is 2.20. The zero-order valence-corrected chi connectivity index (χ0v) is 9.88. The van der Waals surface area contributed by atoms with Crippen LogP contribution in [0.25, 0.3) is 10.8 Å². The van der Waals surface area contributed by atoms with Gasteiger partial charge in [-0.05, 0) is 35.0 Å². The van der Waals surface area contributed by atoms with E-state index in [-0.39, 0.29) is 17.4 Å². The van der Waals surface area contributed by atoms with Crippen LogP contribution in [0.1, 0.15) is 0 Å². The zero-order chi connectivity index (χ0) is 13.2. The molecule has 0 saturated carbocycles. The summed E-state index contributed by atoms with van der Waals surface area (Å²) in [5, 5.41) is 11.7. The summed E-state index contributed by atoms with van der Waals surface area (Å²) in [7, 11) is 0. The molecular formula is C15H10FNO2. The van der Waals surface area contributed by atoms with Gasteiger partial charge in [0.2, 0.25) is 0 Å². The van der Waals surface area contributed by atoms with Crippen LogP contribution in [0.2, 0.25) is 0 Å². The van der Waals surface area contributed by atoms with Crippen LogP contribution in [-0.2, 0) is 0 Å². The summed E-state index contributed by atoms with van der Waals surface area (Å²) in [6.07, 6.45) is 1.43. The van der Waals surface area contributed by atoms with Crippen molar-refractivity contribution in [2.75, 3.05) is 0 Å². The third-order valence-corrected chi connectivity index (χ3v) is 2.76. The molecule has 1 N–H and O–H groups in total. The normalized spacial score (nSPS) is 10.6. The second-order valence-corrected chi connectivity index (χ2v) is 4.06. The molecule has 0 aliphatic rings. The van der Waals surface area contributed by atoms with Crippen molar-refractivity contribution in [3.63, 3.8) is 0 Å². The van der Waals surface area contributed by atoms with E-state index in [0.29, 0.717) is 0 Å². The minimum atomic E-state index is -0.574. The smallest absolute Gasteiger partial charge is 0.255 e. The molecular weight excluding hydrogens is 245 g/mol. The molecule has 0 radical (unpaired) electrons. The van der Waals surface area contributed by atoms with E-state index in [9.17, 15) is 9.50 Å². The summed E-state index contributed by atoms with van der Waals surface area (Å²) in [5.74, 6) is -0.608. The van der Waals surface area contributed by atoms with E-state index in [1.54, 1.807) is 12.1 Å². The number of phenolic OH excluding ortho intramolecular Hbond substituents is 1. The lowest BCUT2D eigenvalue weighted by atomic mass is 10.1. The van der Waals surface area contributed by atoms with Gasteiger partial charge in [-0.25, -0.2) is 9.37 Å². The van der Waals surface area contributed by atoms with Crippen LogP contribution in [0.3, 0.4) is 0 Å². The van der Waals surface area contributed by atoms with Gasteiger partial charge >= 0.3 is 0 Å². The zero-order valence-electron chi connectivity index (χ0n) is 9.88. The minimum Gasteiger partial charge on any atom is -0.504 e. The molecule has 94 valence electrons. The Morgan fingerprint density at radius 2 is 1.74 bits per heavy atom. The van der Waals surface area contributed by atoms with Crippen LogP contribution in [0.15, 0.2) is 54.7 Å². The number of pyridine rings is 1. The molecule has 0 aliphatic carbocycles. The lowest BCUT2D eigenvalue weighted by molar-refractivity contribution is 0.385. The van der Waals surface area contributed by atoms with Crippen molar-refractivity contribution in [3.05, 3.63) is 60.5 Å². The predicted molar refractivity (Wildman–Crippen MR) is 69.9 cm³/mol. The van der Waals surface area contributed by atoms with Gasteiger partial charge in [-0.15, -0.1) is 0 Å². The summed E-state index contributed by atoms with van der Waals surface area (Å²) in [6, 6.07) is 13.5. The number of nitrogens with zero attached hydrogens (tertiary/aromatic N) is 1. The number of aromatic nitrogens is 1. The van der Waals surface area contributed by atoms with Crippen LogP contribution < -0.4 is 4.74 Å². The van der Waals surface area contributed by atoms with E-state index < -0.39 is 5.82 Å². The van der Waals surface area contributed by atoms with Gasteiger partial charge in [0.05, 0.1) is 0 Å². The van der Waals surface area contributed by atoms with E-state index in [1.165, 1.54) is 18.3 Å². The monoisotopic (exact) mass is 255 g/mol. The average Bonchev–Trinajstić information content (AvgIpc) is 2.42. The van der Waals surface area contributed by atoms with Gasteiger partial charge in [-0.3, -0.25) is 0 Å². The number of ether oxygens (including phenoxy) is 1. The Labute approximate surface area is 108 Å². The molecule has 1 aromatic heterocycles. The molecule has 3 aromatic rings. The molecule has 0 aliphatic heterocycles. The van der Waals surface area contributed by atoms with Gasteiger partial charge in [-0.1, -0.05) is 24.3 Å². The molecule has 0 unspecified atom stereocenters. The van der Waals surface area contributed by atoms with E-state index in [4.69, 9.17) is 4.74 Å². The Hall–Kier alpha value is -2.62. The molecule has 4 heteroatoms. The largest absolute Gasteiger partial charge is 0.504 e. The Balaban J connectivity index is 2.06. The highest BCUT2D eigenvalue weighted by Gasteiger charge is 2.10. The van der Waals surface area contributed by atoms with Crippen molar-refractivity contribution < 1.29 is 14.2 Å². The summed E-state index contributed by atoms with van der Waals surface area (Å²) in [5.41, 5.74) is 0. The Bertz CT molecular complexity index is 743. The molecule has 0 bridgehead atoms. The summed E-state index contributed by atoms with van der Waals surface area (Å²) < 4.78 is 18.8. The lowest BCUT2D eigenvalue weighted by Gasteiger charge is -2.08. The predicted octanol–water partition coefficient (Wildman–Crippen LogP) is 3.87. The number of phenols is 1. The first kappa shape index (κ1) is 11.5. The number of rotatable bonds is 2. The number of hydrogen-bond donors (Lipinski definition) is 1. The third-order valence-electron chi connectivity index (χ3n) is 2.76. The fourth-order valence-electron chi connectivity index (χ4n) is 1.84. The topological polar surface area (TPSA) is 42.4 Å².